The monoisotopic (exact) mass is 319 g/mol. The summed E-state index contributed by atoms with van der Waals surface area (Å²) in [6.45, 7) is -0.489. The summed E-state index contributed by atoms with van der Waals surface area (Å²) >= 11 is 0. The molecular weight excluding hydrogens is 306 g/mol. The number of aromatic nitrogens is 4. The van der Waals surface area contributed by atoms with Crippen LogP contribution in [0.25, 0.3) is 11.2 Å². The molecule has 3 unspecified atom stereocenters. The van der Waals surface area contributed by atoms with Crippen LogP contribution in [0.2, 0.25) is 0 Å². The average Bonchev–Trinajstić information content (AvgIpc) is 3.25. The molecule has 120 valence electrons. The second-order valence-electron chi connectivity index (χ2n) is 5.30. The van der Waals surface area contributed by atoms with Crippen molar-refractivity contribution in [2.24, 2.45) is 20.7 Å². The predicted octanol–water partition coefficient (Wildman–Crippen LogP) is -0.422. The van der Waals surface area contributed by atoms with Gasteiger partial charge in [-0.1, -0.05) is 0 Å². The number of aliphatic hydroxyl groups is 2. The number of hydrogen-bond donors (Lipinski definition) is 3. The molecule has 2 aliphatic heterocycles. The third kappa shape index (κ3) is 1.92. The van der Waals surface area contributed by atoms with E-state index >= 15 is 0 Å². The van der Waals surface area contributed by atoms with Crippen LogP contribution in [0, 0.1) is 0 Å². The molecule has 2 aliphatic rings. The zero-order valence-electron chi connectivity index (χ0n) is 11.8. The van der Waals surface area contributed by atoms with Crippen molar-refractivity contribution >= 4 is 17.0 Å². The highest BCUT2D eigenvalue weighted by Crippen LogP contribution is 2.42. The van der Waals surface area contributed by atoms with E-state index in [0.717, 1.165) is 0 Å². The van der Waals surface area contributed by atoms with Crippen molar-refractivity contribution in [3.63, 3.8) is 0 Å². The van der Waals surface area contributed by atoms with Crippen molar-refractivity contribution in [1.82, 2.24) is 19.5 Å². The molecular formula is C11H13N9O3. The molecule has 3 atom stereocenters. The van der Waals surface area contributed by atoms with E-state index in [2.05, 4.69) is 35.6 Å². The number of nitrogen functional groups attached to an aromatic ring is 1. The van der Waals surface area contributed by atoms with Crippen LogP contribution in [0.5, 0.6) is 0 Å². The molecule has 0 aromatic carbocycles. The zero-order valence-corrected chi connectivity index (χ0v) is 11.8. The Morgan fingerprint density at radius 2 is 2.09 bits per heavy atom. The van der Waals surface area contributed by atoms with Crippen molar-refractivity contribution in [3.05, 3.63) is 12.7 Å². The lowest BCUT2D eigenvalue weighted by Gasteiger charge is -2.30. The van der Waals surface area contributed by atoms with Gasteiger partial charge in [0.25, 0.3) is 0 Å². The fraction of sp³-hybridized carbons (Fsp3) is 0.545. The van der Waals surface area contributed by atoms with Crippen LogP contribution in [0.3, 0.4) is 0 Å². The Balaban J connectivity index is 1.72. The molecule has 4 rings (SSSR count). The largest absolute Gasteiger partial charge is 0.393 e. The Morgan fingerprint density at radius 3 is 2.83 bits per heavy atom. The molecule has 0 bridgehead atoms. The SMILES string of the molecule is Nc1ncnc2c1ncn2C1CC(O)C(CO)(C2N=NN=N2)O1. The van der Waals surface area contributed by atoms with E-state index in [0.29, 0.717) is 11.2 Å². The number of fused-ring (bicyclic) bond motifs is 1. The summed E-state index contributed by atoms with van der Waals surface area (Å²) in [5.74, 6) is 0.249. The first-order chi connectivity index (χ1) is 11.2. The average molecular weight is 319 g/mol. The first kappa shape index (κ1) is 14.0. The molecule has 0 radical (unpaired) electrons. The number of rotatable bonds is 3. The number of imidazole rings is 1. The quantitative estimate of drug-likeness (QED) is 0.689. The summed E-state index contributed by atoms with van der Waals surface area (Å²) in [4.78, 5) is 12.2. The fourth-order valence-electron chi connectivity index (χ4n) is 2.84. The van der Waals surface area contributed by atoms with E-state index in [1.54, 1.807) is 4.57 Å². The summed E-state index contributed by atoms with van der Waals surface area (Å²) in [5.41, 5.74) is 5.26. The Morgan fingerprint density at radius 1 is 1.30 bits per heavy atom. The summed E-state index contributed by atoms with van der Waals surface area (Å²) in [6.07, 6.45) is 0.467. The van der Waals surface area contributed by atoms with E-state index in [4.69, 9.17) is 10.5 Å². The number of anilines is 1. The standard InChI is InChI=1S/C11H13N9O3/c12-8-7-9(14-3-13-8)20(4-15-7)6-1-5(22)11(2-21,23-6)10-16-18-19-17-10/h3-6,10,21-22H,1-2H2,(H2,12,13,14). The van der Waals surface area contributed by atoms with E-state index in [-0.39, 0.29) is 12.2 Å². The topological polar surface area (TPSA) is 169 Å². The molecule has 4 N–H and O–H groups in total. The van der Waals surface area contributed by atoms with Gasteiger partial charge < -0.3 is 20.7 Å². The van der Waals surface area contributed by atoms with Gasteiger partial charge in [-0.15, -0.1) is 10.2 Å². The Labute approximate surface area is 128 Å². The smallest absolute Gasteiger partial charge is 0.218 e. The van der Waals surface area contributed by atoms with Gasteiger partial charge in [0.15, 0.2) is 17.1 Å². The minimum Gasteiger partial charge on any atom is -0.393 e. The molecule has 23 heavy (non-hydrogen) atoms. The first-order valence-electron chi connectivity index (χ1n) is 6.85. The van der Waals surface area contributed by atoms with E-state index in [9.17, 15) is 10.2 Å². The minimum absolute atomic E-state index is 0.192. The van der Waals surface area contributed by atoms with E-state index < -0.39 is 30.7 Å². The molecule has 12 nitrogen and oxygen atoms in total. The third-order valence-corrected chi connectivity index (χ3v) is 4.09. The minimum atomic E-state index is -1.41. The van der Waals surface area contributed by atoms with Gasteiger partial charge in [-0.2, -0.15) is 0 Å². The Kier molecular flexibility index (Phi) is 3.04. The van der Waals surface area contributed by atoms with Crippen molar-refractivity contribution in [2.75, 3.05) is 12.3 Å². The second kappa shape index (κ2) is 4.97. The first-order valence-corrected chi connectivity index (χ1v) is 6.85. The molecule has 1 saturated heterocycles. The molecule has 12 heteroatoms. The number of hydrogen-bond acceptors (Lipinski definition) is 11. The molecule has 2 aromatic heterocycles. The van der Waals surface area contributed by atoms with Crippen LogP contribution in [0.15, 0.2) is 33.3 Å². The number of nitrogens with two attached hydrogens (primary N) is 1. The maximum absolute atomic E-state index is 10.4. The zero-order chi connectivity index (χ0) is 16.0. The highest BCUT2D eigenvalue weighted by Gasteiger charge is 2.55. The van der Waals surface area contributed by atoms with Crippen LogP contribution >= 0.6 is 0 Å². The van der Waals surface area contributed by atoms with Crippen molar-refractivity contribution in [3.8, 4) is 0 Å². The van der Waals surface area contributed by atoms with Gasteiger partial charge in [0.05, 0.1) is 19.0 Å². The van der Waals surface area contributed by atoms with Crippen molar-refractivity contribution in [1.29, 1.82) is 0 Å². The maximum atomic E-state index is 10.4. The third-order valence-electron chi connectivity index (χ3n) is 4.09. The Hall–Kier alpha value is -2.57. The van der Waals surface area contributed by atoms with Crippen LogP contribution in [0.4, 0.5) is 5.82 Å². The summed E-state index contributed by atoms with van der Waals surface area (Å²) < 4.78 is 7.52. The van der Waals surface area contributed by atoms with E-state index in [1.165, 1.54) is 12.7 Å². The number of aliphatic hydroxyl groups excluding tert-OH is 2. The van der Waals surface area contributed by atoms with Gasteiger partial charge in [-0.3, -0.25) is 4.57 Å². The molecule has 2 aromatic rings. The highest BCUT2D eigenvalue weighted by molar-refractivity contribution is 5.81. The lowest BCUT2D eigenvalue weighted by atomic mass is 9.94. The maximum Gasteiger partial charge on any atom is 0.218 e. The predicted molar refractivity (Wildman–Crippen MR) is 73.8 cm³/mol. The Bertz CT molecular complexity index is 793. The lowest BCUT2D eigenvalue weighted by Crippen LogP contribution is -2.51. The van der Waals surface area contributed by atoms with Gasteiger partial charge in [0.2, 0.25) is 6.17 Å². The van der Waals surface area contributed by atoms with Crippen LogP contribution in [-0.2, 0) is 4.74 Å². The van der Waals surface area contributed by atoms with Crippen LogP contribution < -0.4 is 5.73 Å². The summed E-state index contributed by atoms with van der Waals surface area (Å²) in [6, 6.07) is 0. The number of ether oxygens (including phenoxy) is 1. The lowest BCUT2D eigenvalue weighted by molar-refractivity contribution is -0.138. The van der Waals surface area contributed by atoms with Crippen molar-refractivity contribution in [2.45, 2.75) is 30.5 Å². The van der Waals surface area contributed by atoms with Gasteiger partial charge in [0, 0.05) is 6.42 Å². The number of nitrogens with zero attached hydrogens (tertiary/aromatic N) is 8. The molecule has 0 aliphatic carbocycles. The molecule has 1 fully saturated rings. The van der Waals surface area contributed by atoms with Gasteiger partial charge in [0.1, 0.15) is 18.1 Å². The van der Waals surface area contributed by atoms with Gasteiger partial charge in [-0.05, 0) is 10.4 Å². The van der Waals surface area contributed by atoms with Gasteiger partial charge in [-0.25, -0.2) is 15.0 Å². The summed E-state index contributed by atoms with van der Waals surface area (Å²) in [5, 5.41) is 34.6. The van der Waals surface area contributed by atoms with Gasteiger partial charge >= 0.3 is 0 Å². The van der Waals surface area contributed by atoms with E-state index in [1.807, 2.05) is 0 Å². The van der Waals surface area contributed by atoms with Crippen molar-refractivity contribution < 1.29 is 14.9 Å². The van der Waals surface area contributed by atoms with Crippen LogP contribution in [-0.4, -0.2) is 54.2 Å². The highest BCUT2D eigenvalue weighted by atomic mass is 16.6. The second-order valence-corrected chi connectivity index (χ2v) is 5.30. The molecule has 0 amide bonds. The molecule has 4 heterocycles. The molecule has 0 spiro atoms. The summed E-state index contributed by atoms with van der Waals surface area (Å²) in [7, 11) is 0. The molecule has 0 saturated carbocycles. The van der Waals surface area contributed by atoms with Crippen LogP contribution in [0.1, 0.15) is 12.6 Å². The normalized spacial score (nSPS) is 30.7. The fourth-order valence-corrected chi connectivity index (χ4v) is 2.84.